The highest BCUT2D eigenvalue weighted by atomic mass is 16.4. The largest absolute Gasteiger partial charge is 0.481 e. The number of carbonyl (C=O) groups excluding carboxylic acids is 2. The number of anilines is 1. The second-order valence-electron chi connectivity index (χ2n) is 7.22. The Morgan fingerprint density at radius 2 is 1.69 bits per heavy atom. The van der Waals surface area contributed by atoms with Crippen LogP contribution in [0, 0.1) is 11.8 Å². The van der Waals surface area contributed by atoms with Crippen LogP contribution in [0.1, 0.15) is 36.5 Å². The molecule has 1 aromatic rings. The Morgan fingerprint density at radius 3 is 2.35 bits per heavy atom. The van der Waals surface area contributed by atoms with Crippen LogP contribution in [-0.2, 0) is 4.79 Å². The van der Waals surface area contributed by atoms with Gasteiger partial charge in [0.25, 0.3) is 5.91 Å². The molecule has 0 aromatic heterocycles. The van der Waals surface area contributed by atoms with E-state index in [0.29, 0.717) is 30.1 Å². The number of nitrogens with one attached hydrogen (secondary N) is 1. The van der Waals surface area contributed by atoms with Gasteiger partial charge in [-0.15, -0.1) is 0 Å². The third kappa shape index (κ3) is 3.98. The smallest absolute Gasteiger partial charge is 0.321 e. The van der Waals surface area contributed by atoms with E-state index in [1.54, 1.807) is 24.3 Å². The lowest BCUT2D eigenvalue weighted by molar-refractivity contribution is -0.141. The average molecular weight is 359 g/mol. The molecule has 26 heavy (non-hydrogen) atoms. The van der Waals surface area contributed by atoms with Crippen LogP contribution in [0.4, 0.5) is 10.5 Å². The van der Waals surface area contributed by atoms with Gasteiger partial charge in [-0.1, -0.05) is 19.1 Å². The minimum Gasteiger partial charge on any atom is -0.481 e. The summed E-state index contributed by atoms with van der Waals surface area (Å²) in [5, 5.41) is 11.9. The van der Waals surface area contributed by atoms with E-state index < -0.39 is 11.9 Å². The highest BCUT2D eigenvalue weighted by molar-refractivity contribution is 6.03. The quantitative estimate of drug-likeness (QED) is 0.868. The molecule has 1 aromatic carbocycles. The number of likely N-dealkylation sites (tertiary alicyclic amines) is 2. The lowest BCUT2D eigenvalue weighted by Crippen LogP contribution is -2.39. The van der Waals surface area contributed by atoms with Crippen LogP contribution in [0.5, 0.6) is 0 Å². The molecule has 0 radical (unpaired) electrons. The van der Waals surface area contributed by atoms with Gasteiger partial charge in [0, 0.05) is 26.2 Å². The first-order chi connectivity index (χ1) is 12.5. The van der Waals surface area contributed by atoms with Gasteiger partial charge < -0.3 is 20.2 Å². The molecule has 0 saturated carbocycles. The van der Waals surface area contributed by atoms with Crippen molar-refractivity contribution >= 4 is 23.6 Å². The Bertz CT molecular complexity index is 698. The SMILES string of the molecule is CC1CCN(C(=O)c2ccccc2NC(=O)N2CCC(C(=O)O)C2)CC1. The van der Waals surface area contributed by atoms with E-state index in [1.165, 1.54) is 4.90 Å². The fourth-order valence-corrected chi connectivity index (χ4v) is 3.50. The number of urea groups is 1. The lowest BCUT2D eigenvalue weighted by Gasteiger charge is -2.31. The molecule has 3 amide bonds. The van der Waals surface area contributed by atoms with Crippen molar-refractivity contribution in [1.82, 2.24) is 9.80 Å². The number of para-hydroxylation sites is 1. The van der Waals surface area contributed by atoms with Crippen molar-refractivity contribution in [3.8, 4) is 0 Å². The molecular formula is C19H25N3O4. The standard InChI is InChI=1S/C19H25N3O4/c1-13-6-9-21(10-7-13)17(23)15-4-2-3-5-16(15)20-19(26)22-11-8-14(12-22)18(24)25/h2-5,13-14H,6-12H2,1H3,(H,20,26)(H,24,25). The summed E-state index contributed by atoms with van der Waals surface area (Å²) in [5.41, 5.74) is 0.948. The first-order valence-electron chi connectivity index (χ1n) is 9.12. The zero-order valence-corrected chi connectivity index (χ0v) is 15.0. The number of aliphatic carboxylic acids is 1. The first-order valence-corrected chi connectivity index (χ1v) is 9.12. The topological polar surface area (TPSA) is 90.0 Å². The Balaban J connectivity index is 1.68. The van der Waals surface area contributed by atoms with Crippen molar-refractivity contribution in [2.24, 2.45) is 11.8 Å². The fraction of sp³-hybridized carbons (Fsp3) is 0.526. The Kier molecular flexibility index (Phi) is 5.44. The number of benzene rings is 1. The Labute approximate surface area is 153 Å². The molecule has 0 bridgehead atoms. The highest BCUT2D eigenvalue weighted by Gasteiger charge is 2.31. The van der Waals surface area contributed by atoms with Gasteiger partial charge in [0.2, 0.25) is 0 Å². The van der Waals surface area contributed by atoms with Crippen LogP contribution < -0.4 is 5.32 Å². The summed E-state index contributed by atoms with van der Waals surface area (Å²) in [6, 6.07) is 6.63. The van der Waals surface area contributed by atoms with E-state index in [0.717, 1.165) is 25.9 Å². The van der Waals surface area contributed by atoms with Crippen molar-refractivity contribution in [3.63, 3.8) is 0 Å². The van der Waals surface area contributed by atoms with Crippen LogP contribution in [0.2, 0.25) is 0 Å². The van der Waals surface area contributed by atoms with Gasteiger partial charge >= 0.3 is 12.0 Å². The normalized spacial score (nSPS) is 20.9. The van der Waals surface area contributed by atoms with E-state index in [2.05, 4.69) is 12.2 Å². The number of hydrogen-bond acceptors (Lipinski definition) is 3. The summed E-state index contributed by atoms with van der Waals surface area (Å²) in [6.07, 6.45) is 2.44. The van der Waals surface area contributed by atoms with E-state index in [-0.39, 0.29) is 18.5 Å². The van der Waals surface area contributed by atoms with Crippen LogP contribution in [-0.4, -0.2) is 59.0 Å². The zero-order chi connectivity index (χ0) is 18.7. The van der Waals surface area contributed by atoms with E-state index in [9.17, 15) is 14.4 Å². The molecule has 7 nitrogen and oxygen atoms in total. The molecule has 7 heteroatoms. The summed E-state index contributed by atoms with van der Waals surface area (Å²) in [6.45, 7) is 4.25. The molecule has 2 N–H and O–H groups in total. The van der Waals surface area contributed by atoms with Crippen LogP contribution in [0.25, 0.3) is 0 Å². The number of hydrogen-bond donors (Lipinski definition) is 2. The average Bonchev–Trinajstić information content (AvgIpc) is 3.13. The third-order valence-electron chi connectivity index (χ3n) is 5.29. The van der Waals surface area contributed by atoms with Crippen LogP contribution in [0.15, 0.2) is 24.3 Å². The van der Waals surface area contributed by atoms with Gasteiger partial charge in [0.1, 0.15) is 0 Å². The summed E-state index contributed by atoms with van der Waals surface area (Å²) >= 11 is 0. The molecule has 3 rings (SSSR count). The van der Waals surface area contributed by atoms with E-state index >= 15 is 0 Å². The van der Waals surface area contributed by atoms with Crippen LogP contribution >= 0.6 is 0 Å². The molecule has 2 aliphatic heterocycles. The fourth-order valence-electron chi connectivity index (χ4n) is 3.50. The van der Waals surface area contributed by atoms with Crippen molar-refractivity contribution < 1.29 is 19.5 Å². The van der Waals surface area contributed by atoms with E-state index in [4.69, 9.17) is 5.11 Å². The maximum absolute atomic E-state index is 12.9. The Morgan fingerprint density at radius 1 is 1.04 bits per heavy atom. The Hall–Kier alpha value is -2.57. The molecule has 1 atom stereocenters. The molecule has 2 aliphatic rings. The van der Waals surface area contributed by atoms with E-state index in [1.807, 2.05) is 4.90 Å². The van der Waals surface area contributed by atoms with Gasteiger partial charge in [-0.25, -0.2) is 4.79 Å². The van der Waals surface area contributed by atoms with Crippen molar-refractivity contribution in [2.45, 2.75) is 26.2 Å². The monoisotopic (exact) mass is 359 g/mol. The van der Waals surface area contributed by atoms with Gasteiger partial charge in [-0.05, 0) is 37.3 Å². The van der Waals surface area contributed by atoms with Crippen molar-refractivity contribution in [3.05, 3.63) is 29.8 Å². The van der Waals surface area contributed by atoms with Gasteiger partial charge in [0.05, 0.1) is 17.2 Å². The molecule has 0 spiro atoms. The second-order valence-corrected chi connectivity index (χ2v) is 7.22. The predicted octanol–water partition coefficient (Wildman–Crippen LogP) is 2.50. The zero-order valence-electron chi connectivity index (χ0n) is 15.0. The van der Waals surface area contributed by atoms with Gasteiger partial charge in [-0.2, -0.15) is 0 Å². The number of nitrogens with zero attached hydrogens (tertiary/aromatic N) is 2. The molecule has 0 aliphatic carbocycles. The highest BCUT2D eigenvalue weighted by Crippen LogP contribution is 2.23. The summed E-state index contributed by atoms with van der Waals surface area (Å²) in [7, 11) is 0. The predicted molar refractivity (Wildman–Crippen MR) is 97.1 cm³/mol. The third-order valence-corrected chi connectivity index (χ3v) is 5.29. The second kappa shape index (κ2) is 7.76. The minimum absolute atomic E-state index is 0.0716. The number of carboxylic acids is 1. The minimum atomic E-state index is -0.879. The van der Waals surface area contributed by atoms with Crippen LogP contribution in [0.3, 0.4) is 0 Å². The number of carboxylic acid groups (broad SMARTS) is 1. The van der Waals surface area contributed by atoms with Crippen molar-refractivity contribution in [1.29, 1.82) is 0 Å². The van der Waals surface area contributed by atoms with Gasteiger partial charge in [0.15, 0.2) is 0 Å². The molecule has 2 saturated heterocycles. The molecule has 2 fully saturated rings. The number of carbonyl (C=O) groups is 3. The summed E-state index contributed by atoms with van der Waals surface area (Å²) in [4.78, 5) is 39.7. The maximum Gasteiger partial charge on any atom is 0.321 e. The summed E-state index contributed by atoms with van der Waals surface area (Å²) < 4.78 is 0. The van der Waals surface area contributed by atoms with Gasteiger partial charge in [-0.3, -0.25) is 9.59 Å². The number of rotatable bonds is 3. The molecule has 2 heterocycles. The van der Waals surface area contributed by atoms with Crippen molar-refractivity contribution in [2.75, 3.05) is 31.5 Å². The summed E-state index contributed by atoms with van der Waals surface area (Å²) in [5.74, 6) is -0.841. The lowest BCUT2D eigenvalue weighted by atomic mass is 9.98. The first kappa shape index (κ1) is 18.2. The number of piperidine rings is 1. The maximum atomic E-state index is 12.9. The number of amides is 3. The molecule has 1 unspecified atom stereocenters. The molecular weight excluding hydrogens is 334 g/mol. The molecule has 140 valence electrons.